The van der Waals surface area contributed by atoms with Crippen LogP contribution in [-0.2, 0) is 4.79 Å². The van der Waals surface area contributed by atoms with Crippen molar-refractivity contribution in [1.82, 2.24) is 20.1 Å². The summed E-state index contributed by atoms with van der Waals surface area (Å²) in [7, 11) is 0. The van der Waals surface area contributed by atoms with Crippen molar-refractivity contribution in [3.05, 3.63) is 0 Å². The second-order valence-electron chi connectivity index (χ2n) is 3.69. The minimum absolute atomic E-state index is 0.0593. The maximum Gasteiger partial charge on any atom is 0.321 e. The quantitative estimate of drug-likeness (QED) is 0.705. The molecule has 1 atom stereocenters. The lowest BCUT2D eigenvalue weighted by molar-refractivity contribution is -0.142. The SMILES string of the molecule is CC(C)C(CNC(=O)Nc1nnns1)C(=O)O. The Bertz CT molecular complexity index is 381. The molecule has 0 saturated heterocycles. The molecule has 0 bridgehead atoms. The van der Waals surface area contributed by atoms with Crippen LogP contribution in [0.2, 0.25) is 0 Å². The number of aromatic nitrogens is 3. The van der Waals surface area contributed by atoms with Gasteiger partial charge in [-0.05, 0) is 11.1 Å². The highest BCUT2D eigenvalue weighted by Gasteiger charge is 2.22. The third-order valence-corrected chi connectivity index (χ3v) is 2.64. The number of carboxylic acids is 1. The molecule has 17 heavy (non-hydrogen) atoms. The third kappa shape index (κ3) is 4.31. The first-order chi connectivity index (χ1) is 8.00. The van der Waals surface area contributed by atoms with E-state index in [4.69, 9.17) is 5.11 Å². The van der Waals surface area contributed by atoms with Crippen LogP contribution >= 0.6 is 11.5 Å². The molecule has 0 aliphatic rings. The summed E-state index contributed by atoms with van der Waals surface area (Å²) in [6.45, 7) is 3.63. The largest absolute Gasteiger partial charge is 0.481 e. The van der Waals surface area contributed by atoms with E-state index < -0.39 is 17.9 Å². The lowest BCUT2D eigenvalue weighted by atomic mass is 9.96. The number of hydrogen-bond donors (Lipinski definition) is 3. The smallest absolute Gasteiger partial charge is 0.321 e. The lowest BCUT2D eigenvalue weighted by Crippen LogP contribution is -2.37. The van der Waals surface area contributed by atoms with E-state index in [0.717, 1.165) is 11.5 Å². The number of anilines is 1. The normalized spacial score (nSPS) is 12.2. The number of nitrogens with one attached hydrogen (secondary N) is 2. The molecule has 0 fully saturated rings. The summed E-state index contributed by atoms with van der Waals surface area (Å²) in [5.74, 6) is -1.61. The molecule has 1 unspecified atom stereocenters. The van der Waals surface area contributed by atoms with E-state index >= 15 is 0 Å². The number of aliphatic carboxylic acids is 1. The van der Waals surface area contributed by atoms with E-state index in [9.17, 15) is 9.59 Å². The van der Waals surface area contributed by atoms with Gasteiger partial charge in [0.25, 0.3) is 0 Å². The Morgan fingerprint density at radius 3 is 2.65 bits per heavy atom. The van der Waals surface area contributed by atoms with E-state index in [1.807, 2.05) is 0 Å². The molecule has 1 heterocycles. The number of carbonyl (C=O) groups excluding carboxylic acids is 1. The van der Waals surface area contributed by atoms with Crippen molar-refractivity contribution in [2.45, 2.75) is 13.8 Å². The first-order valence-corrected chi connectivity index (χ1v) is 5.70. The Hall–Kier alpha value is -1.77. The highest BCUT2D eigenvalue weighted by molar-refractivity contribution is 7.09. The molecule has 1 aromatic heterocycles. The zero-order valence-electron chi connectivity index (χ0n) is 9.38. The van der Waals surface area contributed by atoms with Gasteiger partial charge in [0, 0.05) is 18.1 Å². The predicted octanol–water partition coefficient (Wildman–Crippen LogP) is 0.411. The number of nitrogens with zero attached hydrogens (tertiary/aromatic N) is 3. The fraction of sp³-hybridized carbons (Fsp3) is 0.625. The van der Waals surface area contributed by atoms with Gasteiger partial charge in [0.05, 0.1) is 5.92 Å². The summed E-state index contributed by atoms with van der Waals surface area (Å²) in [6.07, 6.45) is 0. The number of carbonyl (C=O) groups is 2. The minimum Gasteiger partial charge on any atom is -0.481 e. The molecule has 0 radical (unpaired) electrons. The number of carboxylic acid groups (broad SMARTS) is 1. The molecule has 0 spiro atoms. The predicted molar refractivity (Wildman–Crippen MR) is 60.7 cm³/mol. The van der Waals surface area contributed by atoms with E-state index in [0.29, 0.717) is 0 Å². The number of urea groups is 1. The van der Waals surface area contributed by atoms with Gasteiger partial charge in [-0.3, -0.25) is 10.1 Å². The number of amides is 2. The van der Waals surface area contributed by atoms with Crippen molar-refractivity contribution in [3.63, 3.8) is 0 Å². The zero-order valence-corrected chi connectivity index (χ0v) is 10.2. The van der Waals surface area contributed by atoms with Gasteiger partial charge in [-0.1, -0.05) is 23.4 Å². The highest BCUT2D eigenvalue weighted by atomic mass is 32.1. The Morgan fingerprint density at radius 1 is 1.47 bits per heavy atom. The van der Waals surface area contributed by atoms with Gasteiger partial charge in [0.15, 0.2) is 0 Å². The topological polar surface area (TPSA) is 117 Å². The van der Waals surface area contributed by atoms with Crippen LogP contribution in [0.3, 0.4) is 0 Å². The van der Waals surface area contributed by atoms with Gasteiger partial charge in [0.2, 0.25) is 5.13 Å². The van der Waals surface area contributed by atoms with Crippen LogP contribution < -0.4 is 10.6 Å². The molecule has 9 heteroatoms. The van der Waals surface area contributed by atoms with Crippen molar-refractivity contribution >= 4 is 28.7 Å². The maximum atomic E-state index is 11.4. The molecule has 3 N–H and O–H groups in total. The maximum absolute atomic E-state index is 11.4. The second-order valence-corrected chi connectivity index (χ2v) is 4.42. The van der Waals surface area contributed by atoms with Gasteiger partial charge >= 0.3 is 12.0 Å². The van der Waals surface area contributed by atoms with Crippen molar-refractivity contribution in [2.24, 2.45) is 11.8 Å². The van der Waals surface area contributed by atoms with Gasteiger partial charge in [-0.15, -0.1) is 0 Å². The highest BCUT2D eigenvalue weighted by Crippen LogP contribution is 2.10. The first-order valence-electron chi connectivity index (χ1n) is 4.93. The molecule has 0 aliphatic heterocycles. The number of rotatable bonds is 5. The van der Waals surface area contributed by atoms with Gasteiger partial charge in [-0.2, -0.15) is 0 Å². The Morgan fingerprint density at radius 2 is 2.18 bits per heavy atom. The van der Waals surface area contributed by atoms with Gasteiger partial charge in [-0.25, -0.2) is 4.79 Å². The lowest BCUT2D eigenvalue weighted by Gasteiger charge is -2.16. The molecule has 0 aromatic carbocycles. The molecule has 1 rings (SSSR count). The molecular weight excluding hydrogens is 246 g/mol. The first kappa shape index (κ1) is 13.3. The summed E-state index contributed by atoms with van der Waals surface area (Å²) in [5, 5.41) is 20.9. The molecule has 0 aliphatic carbocycles. The van der Waals surface area contributed by atoms with E-state index in [1.165, 1.54) is 0 Å². The van der Waals surface area contributed by atoms with E-state index in [-0.39, 0.29) is 17.6 Å². The molecule has 94 valence electrons. The van der Waals surface area contributed by atoms with Crippen LogP contribution in [0, 0.1) is 11.8 Å². The van der Waals surface area contributed by atoms with Gasteiger partial charge in [0.1, 0.15) is 0 Å². The third-order valence-electron chi connectivity index (χ3n) is 2.12. The van der Waals surface area contributed by atoms with Crippen LogP contribution in [0.15, 0.2) is 0 Å². The number of hydrogen-bond acceptors (Lipinski definition) is 6. The summed E-state index contributed by atoms with van der Waals surface area (Å²) in [5.41, 5.74) is 0. The molecular formula is C8H13N5O3S. The summed E-state index contributed by atoms with van der Waals surface area (Å²) < 4.78 is 3.47. The van der Waals surface area contributed by atoms with Crippen molar-refractivity contribution in [3.8, 4) is 0 Å². The standard InChI is InChI=1S/C8H13N5O3S/c1-4(2)5(6(14)15)3-9-7(16)10-8-11-12-13-17-8/h4-5H,3H2,1-2H3,(H,14,15)(H2,9,10,11,13,16). The molecule has 1 aromatic rings. The molecule has 2 amide bonds. The zero-order chi connectivity index (χ0) is 12.8. The van der Waals surface area contributed by atoms with Crippen molar-refractivity contribution in [1.29, 1.82) is 0 Å². The molecule has 8 nitrogen and oxygen atoms in total. The molecule has 0 saturated carbocycles. The average Bonchev–Trinajstić information content (AvgIpc) is 2.69. The summed E-state index contributed by atoms with van der Waals surface area (Å²) in [6, 6.07) is -0.518. The fourth-order valence-electron chi connectivity index (χ4n) is 1.13. The van der Waals surface area contributed by atoms with E-state index in [2.05, 4.69) is 25.4 Å². The minimum atomic E-state index is -0.933. The van der Waals surface area contributed by atoms with E-state index in [1.54, 1.807) is 13.8 Å². The van der Waals surface area contributed by atoms with Crippen LogP contribution in [0.1, 0.15) is 13.8 Å². The van der Waals surface area contributed by atoms with Crippen molar-refractivity contribution < 1.29 is 14.7 Å². The Labute approximate surface area is 102 Å². The second kappa shape index (κ2) is 6.09. The fourth-order valence-corrected chi connectivity index (χ4v) is 1.50. The van der Waals surface area contributed by atoms with Crippen LogP contribution in [0.5, 0.6) is 0 Å². The average molecular weight is 259 g/mol. The Kier molecular flexibility index (Phi) is 4.76. The van der Waals surface area contributed by atoms with Crippen LogP contribution in [-0.4, -0.2) is 38.5 Å². The summed E-state index contributed by atoms with van der Waals surface area (Å²) >= 11 is 0.938. The van der Waals surface area contributed by atoms with Crippen molar-refractivity contribution in [2.75, 3.05) is 11.9 Å². The van der Waals surface area contributed by atoms with Crippen LogP contribution in [0.25, 0.3) is 0 Å². The van der Waals surface area contributed by atoms with Crippen LogP contribution in [0.4, 0.5) is 9.93 Å². The monoisotopic (exact) mass is 259 g/mol. The van der Waals surface area contributed by atoms with Gasteiger partial charge < -0.3 is 10.4 Å². The Balaban J connectivity index is 2.39. The summed E-state index contributed by atoms with van der Waals surface area (Å²) in [4.78, 5) is 22.2.